The minimum absolute atomic E-state index is 0. The van der Waals surface area contributed by atoms with Crippen LogP contribution in [0, 0.1) is 0 Å². The third kappa shape index (κ3) is 4.88. The van der Waals surface area contributed by atoms with E-state index in [9.17, 15) is 4.79 Å². The van der Waals surface area contributed by atoms with Crippen molar-refractivity contribution in [1.29, 1.82) is 0 Å². The topological polar surface area (TPSA) is 127 Å². The Bertz CT molecular complexity index is 2100. The SMILES string of the molecule is O.O=c1[nH]c2ccccc2n1C1CCN(Cc2ccc(-c3[nH]c4cc5ncnc5cc4nc3-c3ccccc3)cc2)CC1. The van der Waals surface area contributed by atoms with Gasteiger partial charge in [0.05, 0.1) is 44.5 Å². The fraction of sp³-hybridized carbons (Fsp3) is 0.176. The molecule has 1 aliphatic heterocycles. The maximum absolute atomic E-state index is 12.7. The Morgan fingerprint density at radius 3 is 2.26 bits per heavy atom. The summed E-state index contributed by atoms with van der Waals surface area (Å²) in [6.45, 7) is 2.80. The molecule has 0 radical (unpaired) electrons. The first-order valence-electron chi connectivity index (χ1n) is 14.4. The summed E-state index contributed by atoms with van der Waals surface area (Å²) in [4.78, 5) is 35.6. The standard InChI is InChI=1S/C34H29N7O.H2O/c42-34-39-26-8-4-5-9-31(26)41(34)25-14-16-40(17-15-25)20-22-10-12-24(13-11-22)33-32(23-6-2-1-3-7-23)37-29-18-27-28(36-21-35-27)19-30(29)38-33;/h1-13,18-19,21,25,38H,14-17,20H2,(H,39,42);1H2. The number of imidazole rings is 2. The Labute approximate surface area is 247 Å². The number of hydrogen-bond donors (Lipinski definition) is 2. The first kappa shape index (κ1) is 26.8. The van der Waals surface area contributed by atoms with Crippen molar-refractivity contribution < 1.29 is 5.48 Å². The highest BCUT2D eigenvalue weighted by molar-refractivity contribution is 5.94. The van der Waals surface area contributed by atoms with E-state index in [-0.39, 0.29) is 17.2 Å². The molecule has 7 aromatic rings. The van der Waals surface area contributed by atoms with Crippen molar-refractivity contribution in [3.63, 3.8) is 0 Å². The number of nitrogens with one attached hydrogen (secondary N) is 2. The van der Waals surface area contributed by atoms with Crippen LogP contribution in [0.3, 0.4) is 0 Å². The molecule has 0 unspecified atom stereocenters. The maximum atomic E-state index is 12.7. The van der Waals surface area contributed by atoms with Crippen LogP contribution in [0.15, 0.2) is 102 Å². The highest BCUT2D eigenvalue weighted by Crippen LogP contribution is 2.32. The molecule has 0 spiro atoms. The van der Waals surface area contributed by atoms with Crippen molar-refractivity contribution in [3.05, 3.63) is 113 Å². The van der Waals surface area contributed by atoms with E-state index < -0.39 is 0 Å². The van der Waals surface area contributed by atoms with Gasteiger partial charge in [-0.2, -0.15) is 0 Å². The van der Waals surface area contributed by atoms with Crippen LogP contribution in [-0.2, 0) is 6.54 Å². The average Bonchev–Trinajstić information content (AvgIpc) is 3.63. The molecule has 0 saturated carbocycles. The molecule has 1 saturated heterocycles. The van der Waals surface area contributed by atoms with Gasteiger partial charge in [-0.05, 0) is 42.7 Å². The molecule has 4 aromatic carbocycles. The molecular weight excluding hydrogens is 538 g/mol. The molecule has 4 N–H and O–H groups in total. The van der Waals surface area contributed by atoms with Crippen molar-refractivity contribution in [3.8, 4) is 22.5 Å². The minimum Gasteiger partial charge on any atom is -0.412 e. The van der Waals surface area contributed by atoms with E-state index in [0.717, 1.165) is 88.1 Å². The van der Waals surface area contributed by atoms with Crippen LogP contribution < -0.4 is 5.69 Å². The molecule has 0 amide bonds. The van der Waals surface area contributed by atoms with Crippen molar-refractivity contribution in [2.45, 2.75) is 25.4 Å². The molecule has 0 aliphatic carbocycles. The smallest absolute Gasteiger partial charge is 0.326 e. The van der Waals surface area contributed by atoms with Gasteiger partial charge >= 0.3 is 5.69 Å². The predicted octanol–water partition coefficient (Wildman–Crippen LogP) is 5.50. The Hall–Kier alpha value is -5.12. The number of para-hydroxylation sites is 2. The van der Waals surface area contributed by atoms with Crippen LogP contribution in [-0.4, -0.2) is 53.0 Å². The van der Waals surface area contributed by atoms with E-state index in [0.29, 0.717) is 0 Å². The lowest BCUT2D eigenvalue weighted by atomic mass is 10.0. The average molecular weight is 570 g/mol. The van der Waals surface area contributed by atoms with E-state index in [1.54, 1.807) is 6.33 Å². The second-order valence-electron chi connectivity index (χ2n) is 11.1. The maximum Gasteiger partial charge on any atom is 0.326 e. The summed E-state index contributed by atoms with van der Waals surface area (Å²) in [6, 6.07) is 31.3. The molecule has 9 heteroatoms. The summed E-state index contributed by atoms with van der Waals surface area (Å²) in [5.41, 5.74) is 10.7. The molecule has 1 aliphatic rings. The van der Waals surface area contributed by atoms with Gasteiger partial charge in [0, 0.05) is 36.8 Å². The van der Waals surface area contributed by atoms with Crippen molar-refractivity contribution >= 4 is 33.1 Å². The lowest BCUT2D eigenvalue weighted by Crippen LogP contribution is -2.36. The first-order chi connectivity index (χ1) is 20.7. The molecule has 43 heavy (non-hydrogen) atoms. The molecule has 9 nitrogen and oxygen atoms in total. The summed E-state index contributed by atoms with van der Waals surface area (Å²) in [7, 11) is 0. The van der Waals surface area contributed by atoms with Gasteiger partial charge in [-0.1, -0.05) is 66.7 Å². The Kier molecular flexibility index (Phi) is 6.81. The molecular formula is C34H31N7O2. The Morgan fingerprint density at radius 1 is 0.744 bits per heavy atom. The number of benzene rings is 4. The second kappa shape index (κ2) is 10.9. The number of aromatic amines is 2. The lowest BCUT2D eigenvalue weighted by Gasteiger charge is -2.32. The summed E-state index contributed by atoms with van der Waals surface area (Å²) >= 11 is 0. The zero-order chi connectivity index (χ0) is 28.0. The van der Waals surface area contributed by atoms with Crippen LogP contribution in [0.4, 0.5) is 0 Å². The molecule has 1 fully saturated rings. The summed E-state index contributed by atoms with van der Waals surface area (Å²) in [5, 5.41) is 0. The van der Waals surface area contributed by atoms with Crippen LogP contribution in [0.5, 0.6) is 0 Å². The van der Waals surface area contributed by atoms with Gasteiger partial charge in [0.1, 0.15) is 6.33 Å². The Balaban J connectivity index is 0.00000300. The molecule has 214 valence electrons. The molecule has 3 aromatic heterocycles. The van der Waals surface area contributed by atoms with Crippen molar-refractivity contribution in [1.82, 2.24) is 34.4 Å². The highest BCUT2D eigenvalue weighted by atomic mass is 16.1. The highest BCUT2D eigenvalue weighted by Gasteiger charge is 2.23. The molecule has 0 atom stereocenters. The first-order valence-corrected chi connectivity index (χ1v) is 14.4. The number of nitrogens with zero attached hydrogens (tertiary/aromatic N) is 5. The second-order valence-corrected chi connectivity index (χ2v) is 11.1. The number of rotatable bonds is 5. The van der Waals surface area contributed by atoms with E-state index in [2.05, 4.69) is 61.2 Å². The predicted molar refractivity (Wildman–Crippen MR) is 170 cm³/mol. The van der Waals surface area contributed by atoms with Gasteiger partial charge in [0.25, 0.3) is 0 Å². The number of H-pyrrole nitrogens is 2. The van der Waals surface area contributed by atoms with E-state index in [4.69, 9.17) is 4.98 Å². The quantitative estimate of drug-likeness (QED) is 0.283. The van der Waals surface area contributed by atoms with Crippen molar-refractivity contribution in [2.24, 2.45) is 0 Å². The number of hydrogen-bond acceptors (Lipinski definition) is 5. The normalized spacial score (nSPS) is 14.4. The third-order valence-corrected chi connectivity index (χ3v) is 8.46. The zero-order valence-corrected chi connectivity index (χ0v) is 23.5. The summed E-state index contributed by atoms with van der Waals surface area (Å²) < 4.78 is 1.95. The summed E-state index contributed by atoms with van der Waals surface area (Å²) in [5.74, 6) is 0. The van der Waals surface area contributed by atoms with Crippen molar-refractivity contribution in [2.75, 3.05) is 13.1 Å². The van der Waals surface area contributed by atoms with Gasteiger partial charge < -0.3 is 15.4 Å². The van der Waals surface area contributed by atoms with Crippen LogP contribution in [0.1, 0.15) is 24.4 Å². The largest absolute Gasteiger partial charge is 0.412 e. The minimum atomic E-state index is -0.00721. The fourth-order valence-corrected chi connectivity index (χ4v) is 6.31. The van der Waals surface area contributed by atoms with Gasteiger partial charge in [0.2, 0.25) is 0 Å². The van der Waals surface area contributed by atoms with Gasteiger partial charge in [-0.15, -0.1) is 0 Å². The fourth-order valence-electron chi connectivity index (χ4n) is 6.31. The molecule has 4 heterocycles. The Morgan fingerprint density at radius 2 is 1.47 bits per heavy atom. The number of fused-ring (bicyclic) bond motifs is 3. The lowest BCUT2D eigenvalue weighted by molar-refractivity contribution is 0.180. The number of aromatic nitrogens is 6. The number of likely N-dealkylation sites (tertiary alicyclic amines) is 1. The van der Waals surface area contributed by atoms with E-state index >= 15 is 0 Å². The van der Waals surface area contributed by atoms with E-state index in [1.807, 2.05) is 59.2 Å². The van der Waals surface area contributed by atoms with Gasteiger partial charge in [0.15, 0.2) is 0 Å². The monoisotopic (exact) mass is 569 g/mol. The van der Waals surface area contributed by atoms with Crippen LogP contribution in [0.25, 0.3) is 55.6 Å². The van der Waals surface area contributed by atoms with Gasteiger partial charge in [-0.3, -0.25) is 9.47 Å². The van der Waals surface area contributed by atoms with Crippen LogP contribution >= 0.6 is 0 Å². The van der Waals surface area contributed by atoms with E-state index in [1.165, 1.54) is 5.56 Å². The zero-order valence-electron chi connectivity index (χ0n) is 23.5. The third-order valence-electron chi connectivity index (χ3n) is 8.46. The van der Waals surface area contributed by atoms with Gasteiger partial charge in [-0.25, -0.2) is 19.7 Å². The summed E-state index contributed by atoms with van der Waals surface area (Å²) in [6.07, 6.45) is 3.50. The molecule has 8 rings (SSSR count). The number of piperidine rings is 1. The molecule has 0 bridgehead atoms. The van der Waals surface area contributed by atoms with Crippen LogP contribution in [0.2, 0.25) is 0 Å².